The largest absolute Gasteiger partial charge is 0.488 e. The van der Waals surface area contributed by atoms with E-state index in [0.717, 1.165) is 20.9 Å². The molecule has 0 saturated heterocycles. The molecule has 0 radical (unpaired) electrons. The number of benzene rings is 1. The van der Waals surface area contributed by atoms with Gasteiger partial charge >= 0.3 is 0 Å². The molecule has 1 aromatic carbocycles. The molecule has 1 atom stereocenters. The van der Waals surface area contributed by atoms with E-state index in [4.69, 9.17) is 10.5 Å². The molecule has 0 spiro atoms. The number of hydrogen-bond acceptors (Lipinski definition) is 2. The highest BCUT2D eigenvalue weighted by atomic mass is 79.9. The third kappa shape index (κ3) is 4.03. The zero-order chi connectivity index (χ0) is 12.1. The standard InChI is InChI=1S/C11H14Br2FNO/c1-7(15)4-8-5-9(12)11(10(13)6-8)16-3-2-14/h5-7H,2-4,15H2,1H3. The lowest BCUT2D eigenvalue weighted by Gasteiger charge is -2.12. The molecule has 0 heterocycles. The molecule has 0 aliphatic carbocycles. The Kier molecular flexibility index (Phi) is 5.72. The number of nitrogens with two attached hydrogens (primary N) is 1. The second kappa shape index (κ2) is 6.57. The van der Waals surface area contributed by atoms with E-state index in [2.05, 4.69) is 31.9 Å². The third-order valence-corrected chi connectivity index (χ3v) is 3.12. The first-order valence-corrected chi connectivity index (χ1v) is 6.55. The van der Waals surface area contributed by atoms with Gasteiger partial charge in [-0.1, -0.05) is 0 Å². The van der Waals surface area contributed by atoms with Crippen LogP contribution in [0.4, 0.5) is 4.39 Å². The smallest absolute Gasteiger partial charge is 0.147 e. The van der Waals surface area contributed by atoms with Gasteiger partial charge in [-0.2, -0.15) is 0 Å². The van der Waals surface area contributed by atoms with E-state index in [1.165, 1.54) is 0 Å². The van der Waals surface area contributed by atoms with Gasteiger partial charge in [0.2, 0.25) is 0 Å². The van der Waals surface area contributed by atoms with Crippen LogP contribution in [0.3, 0.4) is 0 Å². The third-order valence-electron chi connectivity index (χ3n) is 1.94. The van der Waals surface area contributed by atoms with Crippen LogP contribution >= 0.6 is 31.9 Å². The maximum absolute atomic E-state index is 12.0. The van der Waals surface area contributed by atoms with Crippen molar-refractivity contribution in [3.05, 3.63) is 26.6 Å². The molecular formula is C11H14Br2FNO. The van der Waals surface area contributed by atoms with Crippen LogP contribution in [-0.2, 0) is 6.42 Å². The Morgan fingerprint density at radius 3 is 2.38 bits per heavy atom. The van der Waals surface area contributed by atoms with Gasteiger partial charge in [-0.05, 0) is 62.9 Å². The van der Waals surface area contributed by atoms with Gasteiger partial charge in [0.25, 0.3) is 0 Å². The molecule has 1 aromatic rings. The van der Waals surface area contributed by atoms with E-state index in [1.54, 1.807) is 0 Å². The highest BCUT2D eigenvalue weighted by Gasteiger charge is 2.09. The lowest BCUT2D eigenvalue weighted by molar-refractivity contribution is 0.270. The monoisotopic (exact) mass is 353 g/mol. The van der Waals surface area contributed by atoms with Crippen molar-refractivity contribution >= 4 is 31.9 Å². The minimum Gasteiger partial charge on any atom is -0.488 e. The molecular weight excluding hydrogens is 341 g/mol. The average Bonchev–Trinajstić information content (AvgIpc) is 2.15. The molecule has 0 bridgehead atoms. The van der Waals surface area contributed by atoms with E-state index in [9.17, 15) is 4.39 Å². The molecule has 0 amide bonds. The molecule has 0 saturated carbocycles. The van der Waals surface area contributed by atoms with Crippen LogP contribution in [0.1, 0.15) is 12.5 Å². The second-order valence-corrected chi connectivity index (χ2v) is 5.32. The minimum atomic E-state index is -0.500. The summed E-state index contributed by atoms with van der Waals surface area (Å²) < 4.78 is 18.9. The van der Waals surface area contributed by atoms with Crippen molar-refractivity contribution in [2.24, 2.45) is 5.73 Å². The number of ether oxygens (including phenoxy) is 1. The van der Waals surface area contributed by atoms with Crippen LogP contribution < -0.4 is 10.5 Å². The number of rotatable bonds is 5. The Hall–Kier alpha value is -0.130. The van der Waals surface area contributed by atoms with Crippen LogP contribution in [0.5, 0.6) is 5.75 Å². The van der Waals surface area contributed by atoms with E-state index in [-0.39, 0.29) is 12.6 Å². The highest BCUT2D eigenvalue weighted by Crippen LogP contribution is 2.35. The number of hydrogen-bond donors (Lipinski definition) is 1. The molecule has 0 aromatic heterocycles. The van der Waals surface area contributed by atoms with Crippen LogP contribution in [0.15, 0.2) is 21.1 Å². The van der Waals surface area contributed by atoms with E-state index >= 15 is 0 Å². The van der Waals surface area contributed by atoms with E-state index < -0.39 is 6.67 Å². The first kappa shape index (κ1) is 13.9. The van der Waals surface area contributed by atoms with Crippen LogP contribution in [-0.4, -0.2) is 19.3 Å². The predicted octanol–water partition coefficient (Wildman–Crippen LogP) is 3.45. The quantitative estimate of drug-likeness (QED) is 0.878. The van der Waals surface area contributed by atoms with Crippen molar-refractivity contribution in [3.8, 4) is 5.75 Å². The first-order chi connectivity index (χ1) is 7.54. The summed E-state index contributed by atoms with van der Waals surface area (Å²) in [6, 6.07) is 4.00. The van der Waals surface area contributed by atoms with Gasteiger partial charge in [0.05, 0.1) is 8.95 Å². The van der Waals surface area contributed by atoms with Gasteiger partial charge in [-0.3, -0.25) is 0 Å². The molecule has 0 aliphatic rings. The van der Waals surface area contributed by atoms with Gasteiger partial charge < -0.3 is 10.5 Å². The normalized spacial score (nSPS) is 12.6. The van der Waals surface area contributed by atoms with Gasteiger partial charge in [-0.15, -0.1) is 0 Å². The zero-order valence-electron chi connectivity index (χ0n) is 8.97. The summed E-state index contributed by atoms with van der Waals surface area (Å²) in [5, 5.41) is 0. The Labute approximate surface area is 112 Å². The van der Waals surface area contributed by atoms with Gasteiger partial charge in [0, 0.05) is 6.04 Å². The van der Waals surface area contributed by atoms with Crippen molar-refractivity contribution in [2.75, 3.05) is 13.3 Å². The summed E-state index contributed by atoms with van der Waals surface area (Å²) >= 11 is 6.80. The fourth-order valence-electron chi connectivity index (χ4n) is 1.38. The molecule has 2 N–H and O–H groups in total. The van der Waals surface area contributed by atoms with Gasteiger partial charge in [0.15, 0.2) is 0 Å². The fraction of sp³-hybridized carbons (Fsp3) is 0.455. The van der Waals surface area contributed by atoms with Gasteiger partial charge in [-0.25, -0.2) is 4.39 Å². The predicted molar refractivity (Wildman–Crippen MR) is 70.7 cm³/mol. The summed E-state index contributed by atoms with van der Waals surface area (Å²) in [5.74, 6) is 0.631. The highest BCUT2D eigenvalue weighted by molar-refractivity contribution is 9.11. The van der Waals surface area contributed by atoms with Crippen LogP contribution in [0.2, 0.25) is 0 Å². The number of halogens is 3. The molecule has 90 valence electrons. The maximum Gasteiger partial charge on any atom is 0.147 e. The van der Waals surface area contributed by atoms with Crippen molar-refractivity contribution in [3.63, 3.8) is 0 Å². The Balaban J connectivity index is 2.89. The topological polar surface area (TPSA) is 35.2 Å². The molecule has 1 unspecified atom stereocenters. The first-order valence-electron chi connectivity index (χ1n) is 4.97. The Morgan fingerprint density at radius 1 is 1.38 bits per heavy atom. The Morgan fingerprint density at radius 2 is 1.94 bits per heavy atom. The summed E-state index contributed by atoms with van der Waals surface area (Å²) in [7, 11) is 0. The fourth-order valence-corrected chi connectivity index (χ4v) is 2.89. The maximum atomic E-state index is 12.0. The minimum absolute atomic E-state index is 0.0594. The van der Waals surface area contributed by atoms with Crippen molar-refractivity contribution < 1.29 is 9.13 Å². The van der Waals surface area contributed by atoms with E-state index in [0.29, 0.717) is 5.75 Å². The van der Waals surface area contributed by atoms with Crippen LogP contribution in [0.25, 0.3) is 0 Å². The molecule has 1 rings (SSSR count). The van der Waals surface area contributed by atoms with Crippen molar-refractivity contribution in [1.29, 1.82) is 0 Å². The average molecular weight is 355 g/mol. The van der Waals surface area contributed by atoms with Crippen molar-refractivity contribution in [1.82, 2.24) is 0 Å². The summed E-state index contributed by atoms with van der Waals surface area (Å²) in [4.78, 5) is 0. The second-order valence-electron chi connectivity index (χ2n) is 3.61. The summed E-state index contributed by atoms with van der Waals surface area (Å²) in [6.45, 7) is 1.51. The van der Waals surface area contributed by atoms with Crippen LogP contribution in [0, 0.1) is 0 Å². The SMILES string of the molecule is CC(N)Cc1cc(Br)c(OCCF)c(Br)c1. The lowest BCUT2D eigenvalue weighted by Crippen LogP contribution is -2.17. The molecule has 0 fully saturated rings. The van der Waals surface area contributed by atoms with E-state index in [1.807, 2.05) is 19.1 Å². The molecule has 2 nitrogen and oxygen atoms in total. The molecule has 0 aliphatic heterocycles. The zero-order valence-corrected chi connectivity index (χ0v) is 12.1. The summed E-state index contributed by atoms with van der Waals surface area (Å²) in [5.41, 5.74) is 6.84. The molecule has 16 heavy (non-hydrogen) atoms. The lowest BCUT2D eigenvalue weighted by atomic mass is 10.1. The number of alkyl halides is 1. The van der Waals surface area contributed by atoms with Gasteiger partial charge in [0.1, 0.15) is 19.0 Å². The Bertz CT molecular complexity index is 335. The molecule has 5 heteroatoms. The summed E-state index contributed by atoms with van der Waals surface area (Å²) in [6.07, 6.45) is 0.792. The van der Waals surface area contributed by atoms with Crippen molar-refractivity contribution in [2.45, 2.75) is 19.4 Å².